The predicted molar refractivity (Wildman–Crippen MR) is 111 cm³/mol. The molecule has 1 aliphatic rings. The summed E-state index contributed by atoms with van der Waals surface area (Å²) in [6.07, 6.45) is 7.93. The molecule has 0 radical (unpaired) electrons. The third-order valence-corrected chi connectivity index (χ3v) is 6.15. The highest BCUT2D eigenvalue weighted by atomic mass is 16.2. The molecule has 0 saturated heterocycles. The summed E-state index contributed by atoms with van der Waals surface area (Å²) in [6, 6.07) is 15.0. The van der Waals surface area contributed by atoms with Gasteiger partial charge in [0.25, 0.3) is 0 Å². The molecule has 0 spiro atoms. The minimum atomic E-state index is 0.220. The van der Waals surface area contributed by atoms with Crippen LogP contribution in [0.1, 0.15) is 64.1 Å². The van der Waals surface area contributed by atoms with E-state index in [1.54, 1.807) is 0 Å². The van der Waals surface area contributed by atoms with E-state index in [0.29, 0.717) is 18.4 Å². The highest BCUT2D eigenvalue weighted by molar-refractivity contribution is 5.79. The second-order valence-electron chi connectivity index (χ2n) is 8.40. The van der Waals surface area contributed by atoms with Crippen molar-refractivity contribution in [1.29, 1.82) is 0 Å². The Morgan fingerprint density at radius 2 is 1.74 bits per heavy atom. The van der Waals surface area contributed by atoms with Crippen LogP contribution in [0.25, 0.3) is 0 Å². The number of hydrogen-bond acceptors (Lipinski definition) is 1. The van der Waals surface area contributed by atoms with Gasteiger partial charge in [-0.1, -0.05) is 63.4 Å². The molecule has 0 bridgehead atoms. The average molecular weight is 367 g/mol. The molecule has 1 atom stereocenters. The van der Waals surface area contributed by atoms with E-state index in [-0.39, 0.29) is 12.0 Å². The van der Waals surface area contributed by atoms with E-state index < -0.39 is 0 Å². The Kier molecular flexibility index (Phi) is 6.76. The Labute approximate surface area is 164 Å². The van der Waals surface area contributed by atoms with Crippen LogP contribution in [0.3, 0.4) is 0 Å². The van der Waals surface area contributed by atoms with E-state index in [1.807, 2.05) is 0 Å². The number of nitrogens with zero attached hydrogens (tertiary/aromatic N) is 2. The Morgan fingerprint density at radius 1 is 1.04 bits per heavy atom. The minimum absolute atomic E-state index is 0.220. The number of rotatable bonds is 7. The van der Waals surface area contributed by atoms with Gasteiger partial charge in [0.2, 0.25) is 5.91 Å². The first-order chi connectivity index (χ1) is 13.1. The van der Waals surface area contributed by atoms with Crippen LogP contribution in [0, 0.1) is 11.8 Å². The molecule has 1 heterocycles. The molecule has 146 valence electrons. The molecular weight excluding hydrogens is 332 g/mol. The number of benzene rings is 1. The summed E-state index contributed by atoms with van der Waals surface area (Å²) < 4.78 is 2.28. The smallest absolute Gasteiger partial charge is 0.226 e. The van der Waals surface area contributed by atoms with Crippen molar-refractivity contribution in [2.24, 2.45) is 11.8 Å². The van der Waals surface area contributed by atoms with E-state index in [1.165, 1.54) is 30.5 Å². The standard InChI is InChI=1S/C24H34N2O/c1-19(2)20(3)26(24(27)22-13-8-5-9-14-22)18-23-15-10-16-25(23)17-21-11-6-4-7-12-21/h4,6-7,10-12,15-16,19-20,22H,5,8-9,13-14,17-18H2,1-3H3. The largest absolute Gasteiger partial charge is 0.345 e. The fraction of sp³-hybridized carbons (Fsp3) is 0.542. The molecule has 3 rings (SSSR count). The molecule has 1 aromatic carbocycles. The van der Waals surface area contributed by atoms with Crippen LogP contribution in [-0.4, -0.2) is 21.4 Å². The van der Waals surface area contributed by atoms with Crippen LogP contribution >= 0.6 is 0 Å². The quantitative estimate of drug-likeness (QED) is 0.636. The van der Waals surface area contributed by atoms with E-state index in [0.717, 1.165) is 19.4 Å². The molecule has 0 N–H and O–H groups in total. The maximum absolute atomic E-state index is 13.4. The lowest BCUT2D eigenvalue weighted by molar-refractivity contribution is -0.140. The van der Waals surface area contributed by atoms with Gasteiger partial charge in [0, 0.05) is 30.4 Å². The summed E-state index contributed by atoms with van der Waals surface area (Å²) in [4.78, 5) is 15.5. The van der Waals surface area contributed by atoms with Gasteiger partial charge in [-0.05, 0) is 43.4 Å². The highest BCUT2D eigenvalue weighted by Crippen LogP contribution is 2.28. The Morgan fingerprint density at radius 3 is 2.41 bits per heavy atom. The molecule has 1 fully saturated rings. The monoisotopic (exact) mass is 366 g/mol. The van der Waals surface area contributed by atoms with Crippen LogP contribution in [0.4, 0.5) is 0 Å². The maximum Gasteiger partial charge on any atom is 0.226 e. The second-order valence-corrected chi connectivity index (χ2v) is 8.40. The molecule has 1 amide bonds. The number of aromatic nitrogens is 1. The highest BCUT2D eigenvalue weighted by Gasteiger charge is 2.30. The van der Waals surface area contributed by atoms with Gasteiger partial charge in [-0.25, -0.2) is 0 Å². The molecule has 1 saturated carbocycles. The van der Waals surface area contributed by atoms with Crippen molar-refractivity contribution in [3.63, 3.8) is 0 Å². The van der Waals surface area contributed by atoms with Gasteiger partial charge in [0.1, 0.15) is 0 Å². The Hall–Kier alpha value is -2.03. The first-order valence-corrected chi connectivity index (χ1v) is 10.5. The fourth-order valence-electron chi connectivity index (χ4n) is 4.07. The summed E-state index contributed by atoms with van der Waals surface area (Å²) in [5.41, 5.74) is 2.51. The molecule has 3 nitrogen and oxygen atoms in total. The maximum atomic E-state index is 13.4. The summed E-state index contributed by atoms with van der Waals surface area (Å²) in [7, 11) is 0. The van der Waals surface area contributed by atoms with Crippen LogP contribution in [0.5, 0.6) is 0 Å². The fourth-order valence-corrected chi connectivity index (χ4v) is 4.07. The van der Waals surface area contributed by atoms with Gasteiger partial charge in [0.15, 0.2) is 0 Å². The van der Waals surface area contributed by atoms with E-state index >= 15 is 0 Å². The van der Waals surface area contributed by atoms with E-state index in [2.05, 4.69) is 78.9 Å². The van der Waals surface area contributed by atoms with Crippen molar-refractivity contribution in [2.45, 2.75) is 72.0 Å². The molecule has 2 aromatic rings. The average Bonchev–Trinajstić information content (AvgIpc) is 3.13. The zero-order chi connectivity index (χ0) is 19.2. The lowest BCUT2D eigenvalue weighted by Gasteiger charge is -2.36. The van der Waals surface area contributed by atoms with Crippen LogP contribution in [0.15, 0.2) is 48.7 Å². The van der Waals surface area contributed by atoms with E-state index in [4.69, 9.17) is 0 Å². The minimum Gasteiger partial charge on any atom is -0.345 e. The SMILES string of the molecule is CC(C)C(C)N(Cc1cccn1Cc1ccccc1)C(=O)C1CCCCC1. The van der Waals surface area contributed by atoms with Gasteiger partial charge < -0.3 is 9.47 Å². The molecule has 27 heavy (non-hydrogen) atoms. The molecule has 1 aromatic heterocycles. The lowest BCUT2D eigenvalue weighted by Crippen LogP contribution is -2.44. The molecular formula is C24H34N2O. The summed E-state index contributed by atoms with van der Waals surface area (Å²) >= 11 is 0. The van der Waals surface area contributed by atoms with Crippen molar-refractivity contribution < 1.29 is 4.79 Å². The Balaban J connectivity index is 1.78. The topological polar surface area (TPSA) is 25.2 Å². The molecule has 0 aliphatic heterocycles. The van der Waals surface area contributed by atoms with Crippen molar-refractivity contribution in [3.8, 4) is 0 Å². The molecule has 1 unspecified atom stereocenters. The van der Waals surface area contributed by atoms with Gasteiger partial charge >= 0.3 is 0 Å². The molecule has 1 aliphatic carbocycles. The van der Waals surface area contributed by atoms with Crippen LogP contribution < -0.4 is 0 Å². The van der Waals surface area contributed by atoms with Crippen molar-refractivity contribution in [3.05, 3.63) is 59.9 Å². The van der Waals surface area contributed by atoms with Gasteiger partial charge in [-0.15, -0.1) is 0 Å². The third kappa shape index (κ3) is 5.03. The zero-order valence-electron chi connectivity index (χ0n) is 17.1. The number of carbonyl (C=O) groups is 1. The first kappa shape index (κ1) is 19.7. The normalized spacial score (nSPS) is 16.4. The number of amides is 1. The van der Waals surface area contributed by atoms with Crippen molar-refractivity contribution in [1.82, 2.24) is 9.47 Å². The predicted octanol–water partition coefficient (Wildman–Crippen LogP) is 5.49. The first-order valence-electron chi connectivity index (χ1n) is 10.5. The van der Waals surface area contributed by atoms with Crippen molar-refractivity contribution in [2.75, 3.05) is 0 Å². The zero-order valence-corrected chi connectivity index (χ0v) is 17.1. The van der Waals surface area contributed by atoms with Crippen LogP contribution in [-0.2, 0) is 17.9 Å². The van der Waals surface area contributed by atoms with Gasteiger partial charge in [0.05, 0.1) is 6.54 Å². The van der Waals surface area contributed by atoms with Gasteiger partial charge in [-0.3, -0.25) is 4.79 Å². The summed E-state index contributed by atoms with van der Waals surface area (Å²) in [5, 5.41) is 0. The van der Waals surface area contributed by atoms with Gasteiger partial charge in [-0.2, -0.15) is 0 Å². The lowest BCUT2D eigenvalue weighted by atomic mass is 9.87. The van der Waals surface area contributed by atoms with Crippen LogP contribution in [0.2, 0.25) is 0 Å². The molecule has 3 heteroatoms. The number of carbonyl (C=O) groups excluding carboxylic acids is 1. The Bertz CT molecular complexity index is 713. The van der Waals surface area contributed by atoms with E-state index in [9.17, 15) is 4.79 Å². The summed E-state index contributed by atoms with van der Waals surface area (Å²) in [5.74, 6) is 1.04. The van der Waals surface area contributed by atoms with Crippen molar-refractivity contribution >= 4 is 5.91 Å². The third-order valence-electron chi connectivity index (χ3n) is 6.15. The number of hydrogen-bond donors (Lipinski definition) is 0. The second kappa shape index (κ2) is 9.25. The summed E-state index contributed by atoms with van der Waals surface area (Å²) in [6.45, 7) is 8.19.